The highest BCUT2D eigenvalue weighted by atomic mass is 16.3. The van der Waals surface area contributed by atoms with Gasteiger partial charge in [0.15, 0.2) is 0 Å². The smallest absolute Gasteiger partial charge is 0.137 e. The molecule has 3 heterocycles. The summed E-state index contributed by atoms with van der Waals surface area (Å²) >= 11 is 0. The molecule has 51 heavy (non-hydrogen) atoms. The van der Waals surface area contributed by atoms with Gasteiger partial charge >= 0.3 is 0 Å². The van der Waals surface area contributed by atoms with E-state index in [1.807, 2.05) is 0 Å². The van der Waals surface area contributed by atoms with Crippen molar-refractivity contribution >= 4 is 66.0 Å². The highest BCUT2D eigenvalue weighted by Gasteiger charge is 2.37. The van der Waals surface area contributed by atoms with Crippen molar-refractivity contribution < 1.29 is 4.42 Å². The van der Waals surface area contributed by atoms with E-state index in [-0.39, 0.29) is 12.1 Å². The Hall–Kier alpha value is -6.65. The second-order valence-electron chi connectivity index (χ2n) is 13.5. The fourth-order valence-electron chi connectivity index (χ4n) is 8.36. The molecule has 2 aromatic heterocycles. The van der Waals surface area contributed by atoms with Crippen molar-refractivity contribution in [1.82, 2.24) is 4.57 Å². The van der Waals surface area contributed by atoms with Gasteiger partial charge in [-0.2, -0.15) is 0 Å². The number of furan rings is 1. The average molecular weight is 654 g/mol. The molecule has 9 aromatic rings. The van der Waals surface area contributed by atoms with Crippen LogP contribution in [0.5, 0.6) is 0 Å². The monoisotopic (exact) mass is 653 g/mol. The molecule has 2 aliphatic rings. The Morgan fingerprint density at radius 3 is 2.18 bits per heavy atom. The van der Waals surface area contributed by atoms with Gasteiger partial charge in [-0.1, -0.05) is 127 Å². The Kier molecular flexibility index (Phi) is 6.05. The lowest BCUT2D eigenvalue weighted by atomic mass is 9.98. The van der Waals surface area contributed by atoms with Crippen molar-refractivity contribution in [2.24, 2.45) is 4.99 Å². The fraction of sp³-hybridized carbons (Fsp3) is 0.0426. The van der Waals surface area contributed by atoms with Gasteiger partial charge in [0, 0.05) is 32.8 Å². The summed E-state index contributed by atoms with van der Waals surface area (Å²) in [5, 5.41) is 7.18. The zero-order valence-corrected chi connectivity index (χ0v) is 27.6. The van der Waals surface area contributed by atoms with Crippen LogP contribution in [0.1, 0.15) is 5.56 Å². The Bertz CT molecular complexity index is 2930. The number of rotatable bonds is 4. The van der Waals surface area contributed by atoms with E-state index in [4.69, 9.17) is 9.41 Å². The van der Waals surface area contributed by atoms with Gasteiger partial charge < -0.3 is 13.9 Å². The van der Waals surface area contributed by atoms with E-state index in [0.717, 1.165) is 50.3 Å². The molecule has 4 heteroatoms. The van der Waals surface area contributed by atoms with Crippen LogP contribution in [0.25, 0.3) is 71.3 Å². The number of nitrogens with zero attached hydrogens (tertiary/aromatic N) is 3. The lowest BCUT2D eigenvalue weighted by molar-refractivity contribution is 0.668. The Labute approximate surface area is 294 Å². The summed E-state index contributed by atoms with van der Waals surface area (Å²) in [5.41, 5.74) is 9.87. The van der Waals surface area contributed by atoms with Gasteiger partial charge in [-0.3, -0.25) is 4.99 Å². The van der Waals surface area contributed by atoms with Gasteiger partial charge in [-0.25, -0.2) is 0 Å². The summed E-state index contributed by atoms with van der Waals surface area (Å²) in [6.45, 7) is 0. The van der Waals surface area contributed by atoms with Crippen LogP contribution in [0.3, 0.4) is 0 Å². The maximum Gasteiger partial charge on any atom is 0.137 e. The molecular weight excluding hydrogens is 623 g/mol. The molecule has 0 radical (unpaired) electrons. The van der Waals surface area contributed by atoms with E-state index in [9.17, 15) is 0 Å². The molecule has 0 fully saturated rings. The highest BCUT2D eigenvalue weighted by Crippen LogP contribution is 2.43. The molecule has 2 atom stereocenters. The maximum atomic E-state index is 6.54. The first-order valence-electron chi connectivity index (χ1n) is 17.5. The molecule has 0 saturated carbocycles. The summed E-state index contributed by atoms with van der Waals surface area (Å²) in [6.07, 6.45) is 8.71. The molecule has 0 N–H and O–H groups in total. The standard InChI is InChI=1S/C47H31N3O/c1-3-13-31(14-4-1)47-48-39-18-9-10-19-41(39)50(47)42-20-11-21-44-45(42)38-29-33(24-27-43(38)51-44)32-23-26-40-37(28-32)36-25-22-30-12-7-8-17-35(30)46(36)49(40)34-15-5-2-6-16-34/h1-29,39,41H. The second-order valence-corrected chi connectivity index (χ2v) is 13.5. The minimum Gasteiger partial charge on any atom is -0.456 e. The first-order valence-corrected chi connectivity index (χ1v) is 17.5. The number of amidine groups is 1. The van der Waals surface area contributed by atoms with E-state index >= 15 is 0 Å². The minimum absolute atomic E-state index is 0.0519. The van der Waals surface area contributed by atoms with E-state index in [1.165, 1.54) is 38.1 Å². The number of fused-ring (bicyclic) bond motifs is 9. The lowest BCUT2D eigenvalue weighted by Gasteiger charge is -2.29. The summed E-state index contributed by atoms with van der Waals surface area (Å²) in [6, 6.07) is 54.5. The Morgan fingerprint density at radius 2 is 1.29 bits per heavy atom. The third-order valence-corrected chi connectivity index (χ3v) is 10.6. The van der Waals surface area contributed by atoms with E-state index in [0.29, 0.717) is 0 Å². The summed E-state index contributed by atoms with van der Waals surface area (Å²) in [7, 11) is 0. The van der Waals surface area contributed by atoms with Gasteiger partial charge in [0.05, 0.1) is 34.2 Å². The number of allylic oxidation sites excluding steroid dienone is 2. The fourth-order valence-corrected chi connectivity index (χ4v) is 8.36. The Morgan fingerprint density at radius 1 is 0.529 bits per heavy atom. The van der Waals surface area contributed by atoms with Crippen molar-refractivity contribution in [3.63, 3.8) is 0 Å². The number of aliphatic imine (C=N–C) groups is 1. The first kappa shape index (κ1) is 28.2. The zero-order valence-electron chi connectivity index (χ0n) is 27.6. The van der Waals surface area contributed by atoms with Crippen LogP contribution in [0, 0.1) is 0 Å². The number of anilines is 1. The van der Waals surface area contributed by atoms with Crippen molar-refractivity contribution in [3.8, 4) is 16.8 Å². The molecule has 1 aliphatic carbocycles. The van der Waals surface area contributed by atoms with Crippen LogP contribution >= 0.6 is 0 Å². The molecule has 4 nitrogen and oxygen atoms in total. The van der Waals surface area contributed by atoms with Crippen LogP contribution in [-0.4, -0.2) is 22.5 Å². The third kappa shape index (κ3) is 4.23. The normalized spacial score (nSPS) is 16.9. The molecule has 1 aliphatic heterocycles. The van der Waals surface area contributed by atoms with Crippen molar-refractivity contribution in [3.05, 3.63) is 182 Å². The molecular formula is C47H31N3O. The zero-order chi connectivity index (χ0) is 33.5. The SMILES string of the molecule is C1=CC2N=C(c3ccccc3)N(c3cccc4oc5ccc(-c6ccc7c(c6)c6ccc8ccccc8c6n7-c6ccccc6)cc5c34)C2C=C1. The van der Waals surface area contributed by atoms with Crippen LogP contribution in [0.4, 0.5) is 5.69 Å². The molecule has 11 rings (SSSR count). The first-order chi connectivity index (χ1) is 25.3. The Balaban J connectivity index is 1.11. The number of para-hydroxylation sites is 1. The summed E-state index contributed by atoms with van der Waals surface area (Å²) < 4.78 is 8.96. The largest absolute Gasteiger partial charge is 0.456 e. The van der Waals surface area contributed by atoms with Crippen LogP contribution in [-0.2, 0) is 0 Å². The number of aromatic nitrogens is 1. The average Bonchev–Trinajstić information content (AvgIpc) is 3.88. The van der Waals surface area contributed by atoms with Gasteiger partial charge in [0.2, 0.25) is 0 Å². The van der Waals surface area contributed by atoms with Gasteiger partial charge in [-0.15, -0.1) is 0 Å². The van der Waals surface area contributed by atoms with Crippen LogP contribution < -0.4 is 4.90 Å². The van der Waals surface area contributed by atoms with Gasteiger partial charge in [-0.05, 0) is 65.0 Å². The lowest BCUT2D eigenvalue weighted by Crippen LogP contribution is -2.39. The quantitative estimate of drug-likeness (QED) is 0.189. The molecule has 7 aromatic carbocycles. The molecule has 0 amide bonds. The van der Waals surface area contributed by atoms with Gasteiger partial charge in [0.1, 0.15) is 17.0 Å². The van der Waals surface area contributed by atoms with Crippen molar-refractivity contribution in [2.45, 2.75) is 12.1 Å². The molecule has 0 saturated heterocycles. The summed E-state index contributed by atoms with van der Waals surface area (Å²) in [5.74, 6) is 0.979. The van der Waals surface area contributed by atoms with Crippen molar-refractivity contribution in [2.75, 3.05) is 4.90 Å². The summed E-state index contributed by atoms with van der Waals surface area (Å²) in [4.78, 5) is 7.64. The molecule has 0 spiro atoms. The predicted octanol–water partition coefficient (Wildman–Crippen LogP) is 11.6. The van der Waals surface area contributed by atoms with Crippen molar-refractivity contribution in [1.29, 1.82) is 0 Å². The molecule has 0 bridgehead atoms. The molecule has 2 unspecified atom stereocenters. The van der Waals surface area contributed by atoms with E-state index in [2.05, 4.69) is 185 Å². The van der Waals surface area contributed by atoms with E-state index in [1.54, 1.807) is 0 Å². The highest BCUT2D eigenvalue weighted by molar-refractivity contribution is 6.21. The molecule has 240 valence electrons. The van der Waals surface area contributed by atoms with Gasteiger partial charge in [0.25, 0.3) is 0 Å². The number of hydrogen-bond acceptors (Lipinski definition) is 3. The third-order valence-electron chi connectivity index (χ3n) is 10.6. The van der Waals surface area contributed by atoms with Crippen LogP contribution in [0.2, 0.25) is 0 Å². The predicted molar refractivity (Wildman–Crippen MR) is 212 cm³/mol. The topological polar surface area (TPSA) is 33.7 Å². The van der Waals surface area contributed by atoms with Crippen LogP contribution in [0.15, 0.2) is 185 Å². The van der Waals surface area contributed by atoms with E-state index < -0.39 is 0 Å². The minimum atomic E-state index is 0.0519. The number of benzene rings is 7. The second kappa shape index (κ2) is 10.9. The number of hydrogen-bond donors (Lipinski definition) is 0. The maximum absolute atomic E-state index is 6.54.